The molecule has 0 unspecified atom stereocenters. The maximum absolute atomic E-state index is 12.3. The SMILES string of the molecule is C/C(=C\C(=O)NC1CCN(C(=O)C(F)(F)F)CC1)C(C)C. The van der Waals surface area contributed by atoms with Crippen LogP contribution in [0.1, 0.15) is 33.6 Å². The van der Waals surface area contributed by atoms with Crippen molar-refractivity contribution in [2.45, 2.75) is 45.8 Å². The smallest absolute Gasteiger partial charge is 0.350 e. The first-order chi connectivity index (χ1) is 9.61. The highest BCUT2D eigenvalue weighted by atomic mass is 19.4. The van der Waals surface area contributed by atoms with Gasteiger partial charge in [0.25, 0.3) is 0 Å². The number of hydrogen-bond donors (Lipinski definition) is 1. The third-order valence-electron chi connectivity index (χ3n) is 3.64. The first-order valence-corrected chi connectivity index (χ1v) is 6.96. The number of allylic oxidation sites excluding steroid dienone is 1. The van der Waals surface area contributed by atoms with Crippen LogP contribution in [0.25, 0.3) is 0 Å². The molecular weight excluding hydrogens is 285 g/mol. The van der Waals surface area contributed by atoms with Crippen LogP contribution in [0.3, 0.4) is 0 Å². The van der Waals surface area contributed by atoms with E-state index in [1.165, 1.54) is 6.08 Å². The van der Waals surface area contributed by atoms with Gasteiger partial charge in [0.2, 0.25) is 5.91 Å². The maximum Gasteiger partial charge on any atom is 0.471 e. The van der Waals surface area contributed by atoms with Gasteiger partial charge in [-0.1, -0.05) is 19.4 Å². The lowest BCUT2D eigenvalue weighted by atomic mass is 10.0. The molecule has 0 bridgehead atoms. The normalized spacial score (nSPS) is 18.0. The number of hydrogen-bond acceptors (Lipinski definition) is 2. The second kappa shape index (κ2) is 6.95. The summed E-state index contributed by atoms with van der Waals surface area (Å²) in [6.07, 6.45) is -2.64. The molecule has 4 nitrogen and oxygen atoms in total. The Hall–Kier alpha value is -1.53. The van der Waals surface area contributed by atoms with Crippen molar-refractivity contribution in [3.63, 3.8) is 0 Å². The second-order valence-corrected chi connectivity index (χ2v) is 5.62. The molecular formula is C14H21F3N2O2. The molecule has 1 saturated heterocycles. The first kappa shape index (κ1) is 17.5. The van der Waals surface area contributed by atoms with Gasteiger partial charge in [-0.15, -0.1) is 0 Å². The Morgan fingerprint density at radius 2 is 1.76 bits per heavy atom. The summed E-state index contributed by atoms with van der Waals surface area (Å²) < 4.78 is 36.9. The number of carbonyl (C=O) groups is 2. The molecule has 1 aliphatic rings. The van der Waals surface area contributed by atoms with Gasteiger partial charge in [0, 0.05) is 25.2 Å². The number of amides is 2. The lowest BCUT2D eigenvalue weighted by Crippen LogP contribution is -2.49. The zero-order valence-corrected chi connectivity index (χ0v) is 12.5. The van der Waals surface area contributed by atoms with Crippen molar-refractivity contribution in [1.82, 2.24) is 10.2 Å². The molecule has 1 rings (SSSR count). The zero-order chi connectivity index (χ0) is 16.2. The summed E-state index contributed by atoms with van der Waals surface area (Å²) in [5, 5.41) is 2.77. The van der Waals surface area contributed by atoms with Crippen LogP contribution in [-0.2, 0) is 9.59 Å². The maximum atomic E-state index is 12.3. The minimum absolute atomic E-state index is 0.0101. The first-order valence-electron chi connectivity index (χ1n) is 6.96. The minimum atomic E-state index is -4.83. The Bertz CT molecular complexity index is 422. The molecule has 0 saturated carbocycles. The van der Waals surface area contributed by atoms with Gasteiger partial charge < -0.3 is 10.2 Å². The van der Waals surface area contributed by atoms with Crippen molar-refractivity contribution < 1.29 is 22.8 Å². The fourth-order valence-corrected chi connectivity index (χ4v) is 2.02. The molecule has 7 heteroatoms. The number of rotatable bonds is 3. The summed E-state index contributed by atoms with van der Waals surface area (Å²) in [7, 11) is 0. The fourth-order valence-electron chi connectivity index (χ4n) is 2.02. The van der Waals surface area contributed by atoms with E-state index in [9.17, 15) is 22.8 Å². The lowest BCUT2D eigenvalue weighted by Gasteiger charge is -2.32. The summed E-state index contributed by atoms with van der Waals surface area (Å²) in [5.41, 5.74) is 0.942. The Morgan fingerprint density at radius 3 is 2.19 bits per heavy atom. The molecule has 0 radical (unpaired) electrons. The molecule has 0 atom stereocenters. The quantitative estimate of drug-likeness (QED) is 0.813. The highest BCUT2D eigenvalue weighted by Gasteiger charge is 2.43. The molecule has 0 aromatic rings. The Kier molecular flexibility index (Phi) is 5.80. The van der Waals surface area contributed by atoms with Gasteiger partial charge in [-0.2, -0.15) is 13.2 Å². The van der Waals surface area contributed by atoms with E-state index in [0.717, 1.165) is 10.5 Å². The molecule has 21 heavy (non-hydrogen) atoms. The van der Waals surface area contributed by atoms with E-state index < -0.39 is 12.1 Å². The zero-order valence-electron chi connectivity index (χ0n) is 12.5. The number of carbonyl (C=O) groups excluding carboxylic acids is 2. The van der Waals surface area contributed by atoms with Gasteiger partial charge in [0.1, 0.15) is 0 Å². The summed E-state index contributed by atoms with van der Waals surface area (Å²) in [6.45, 7) is 5.82. The number of nitrogens with one attached hydrogen (secondary N) is 1. The van der Waals surface area contributed by atoms with Crippen LogP contribution >= 0.6 is 0 Å². The summed E-state index contributed by atoms with van der Waals surface area (Å²) in [5.74, 6) is -1.77. The van der Waals surface area contributed by atoms with Crippen LogP contribution in [0.15, 0.2) is 11.6 Å². The molecule has 1 aliphatic heterocycles. The van der Waals surface area contributed by atoms with Gasteiger partial charge in [-0.05, 0) is 25.7 Å². The van der Waals surface area contributed by atoms with Crippen molar-refractivity contribution in [3.05, 3.63) is 11.6 Å². The second-order valence-electron chi connectivity index (χ2n) is 5.62. The van der Waals surface area contributed by atoms with Crippen molar-refractivity contribution in [2.24, 2.45) is 5.92 Å². The molecule has 120 valence electrons. The third kappa shape index (κ3) is 5.40. The minimum Gasteiger partial charge on any atom is -0.350 e. The number of piperidine rings is 1. The van der Waals surface area contributed by atoms with E-state index in [1.807, 2.05) is 20.8 Å². The monoisotopic (exact) mass is 306 g/mol. The molecule has 1 fully saturated rings. The molecule has 1 heterocycles. The average Bonchev–Trinajstić information content (AvgIpc) is 2.37. The Balaban J connectivity index is 2.46. The summed E-state index contributed by atoms with van der Waals surface area (Å²) in [4.78, 5) is 23.6. The number of likely N-dealkylation sites (tertiary alicyclic amines) is 1. The van der Waals surface area contributed by atoms with E-state index in [1.54, 1.807) is 0 Å². The Labute approximate surface area is 122 Å². The lowest BCUT2D eigenvalue weighted by molar-refractivity contribution is -0.186. The molecule has 1 N–H and O–H groups in total. The van der Waals surface area contributed by atoms with Crippen molar-refractivity contribution in [1.29, 1.82) is 0 Å². The predicted molar refractivity (Wildman–Crippen MR) is 72.4 cm³/mol. The largest absolute Gasteiger partial charge is 0.471 e. The standard InChI is InChI=1S/C14H21F3N2O2/c1-9(2)10(3)8-12(20)18-11-4-6-19(7-5-11)13(21)14(15,16)17/h8-9,11H,4-7H2,1-3H3,(H,18,20)/b10-8+. The molecule has 0 spiro atoms. The van der Waals surface area contributed by atoms with Gasteiger partial charge in [0.05, 0.1) is 0 Å². The van der Waals surface area contributed by atoms with Crippen LogP contribution in [0, 0.1) is 5.92 Å². The topological polar surface area (TPSA) is 49.4 Å². The summed E-state index contributed by atoms with van der Waals surface area (Å²) in [6, 6.07) is -0.189. The Morgan fingerprint density at radius 1 is 1.24 bits per heavy atom. The average molecular weight is 306 g/mol. The van der Waals surface area contributed by atoms with Crippen LogP contribution in [-0.4, -0.2) is 42.0 Å². The van der Waals surface area contributed by atoms with E-state index >= 15 is 0 Å². The van der Waals surface area contributed by atoms with E-state index in [4.69, 9.17) is 0 Å². The number of halogens is 3. The van der Waals surface area contributed by atoms with Gasteiger partial charge in [-0.3, -0.25) is 9.59 Å². The number of nitrogens with zero attached hydrogens (tertiary/aromatic N) is 1. The van der Waals surface area contributed by atoms with Crippen LogP contribution < -0.4 is 5.32 Å². The van der Waals surface area contributed by atoms with Gasteiger partial charge in [0.15, 0.2) is 0 Å². The molecule has 0 aromatic heterocycles. The summed E-state index contributed by atoms with van der Waals surface area (Å²) >= 11 is 0. The van der Waals surface area contributed by atoms with Crippen LogP contribution in [0.2, 0.25) is 0 Å². The van der Waals surface area contributed by atoms with E-state index in [2.05, 4.69) is 5.32 Å². The van der Waals surface area contributed by atoms with Crippen molar-refractivity contribution >= 4 is 11.8 Å². The van der Waals surface area contributed by atoms with Gasteiger partial charge >= 0.3 is 12.1 Å². The highest BCUT2D eigenvalue weighted by Crippen LogP contribution is 2.21. The van der Waals surface area contributed by atoms with Crippen LogP contribution in [0.5, 0.6) is 0 Å². The van der Waals surface area contributed by atoms with E-state index in [-0.39, 0.29) is 31.0 Å². The fraction of sp³-hybridized carbons (Fsp3) is 0.714. The molecule has 0 aliphatic carbocycles. The van der Waals surface area contributed by atoms with Crippen molar-refractivity contribution in [2.75, 3.05) is 13.1 Å². The molecule has 0 aromatic carbocycles. The van der Waals surface area contributed by atoms with Gasteiger partial charge in [-0.25, -0.2) is 0 Å². The number of alkyl halides is 3. The highest BCUT2D eigenvalue weighted by molar-refractivity contribution is 5.88. The van der Waals surface area contributed by atoms with Crippen LogP contribution in [0.4, 0.5) is 13.2 Å². The predicted octanol–water partition coefficient (Wildman–Crippen LogP) is 2.26. The third-order valence-corrected chi connectivity index (χ3v) is 3.64. The van der Waals surface area contributed by atoms with E-state index in [0.29, 0.717) is 12.8 Å². The molecule has 2 amide bonds. The van der Waals surface area contributed by atoms with Crippen molar-refractivity contribution in [3.8, 4) is 0 Å².